The highest BCUT2D eigenvalue weighted by atomic mass is 14.9. The van der Waals surface area contributed by atoms with E-state index in [0.717, 1.165) is 10.9 Å². The van der Waals surface area contributed by atoms with Crippen molar-refractivity contribution in [2.24, 2.45) is 0 Å². The molecule has 3 aromatic heterocycles. The maximum absolute atomic E-state index is 4.54. The zero-order valence-electron chi connectivity index (χ0n) is 20.8. The van der Waals surface area contributed by atoms with Crippen LogP contribution >= 0.6 is 0 Å². The molecule has 3 heterocycles. The number of nitrogens with zero attached hydrogens (tertiary/aromatic N) is 2. The minimum atomic E-state index is -0.107. The Bertz CT molecular complexity index is 2210. The molecule has 0 saturated carbocycles. The van der Waals surface area contributed by atoms with Crippen LogP contribution in [-0.4, -0.2) is 0 Å². The van der Waals surface area contributed by atoms with Crippen LogP contribution in [0.2, 0.25) is 0 Å². The van der Waals surface area contributed by atoms with Crippen LogP contribution in [-0.2, 0) is 5.41 Å². The first-order valence-corrected chi connectivity index (χ1v) is 12.7. The highest BCUT2D eigenvalue weighted by Gasteiger charge is 2.40. The number of pyridine rings is 1. The zero-order chi connectivity index (χ0) is 24.3. The van der Waals surface area contributed by atoms with Gasteiger partial charge in [-0.15, -0.1) is 22.9 Å². The first-order chi connectivity index (χ1) is 17.5. The van der Waals surface area contributed by atoms with Crippen molar-refractivity contribution in [1.82, 2.24) is 0 Å². The van der Waals surface area contributed by atoms with Gasteiger partial charge < -0.3 is 4.40 Å². The third-order valence-electron chi connectivity index (χ3n) is 8.54. The largest absolute Gasteiger partial charge is 0.326 e. The van der Waals surface area contributed by atoms with Crippen LogP contribution < -0.4 is 8.64 Å². The smallest absolute Gasteiger partial charge is 0.217 e. The van der Waals surface area contributed by atoms with Gasteiger partial charge in [0.1, 0.15) is 12.4 Å². The third kappa shape index (κ3) is 2.19. The number of aromatic nitrogens is 2. The van der Waals surface area contributed by atoms with Gasteiger partial charge in [-0.1, -0.05) is 50.2 Å². The molecule has 0 fully saturated rings. The second-order valence-corrected chi connectivity index (χ2v) is 10.8. The lowest BCUT2D eigenvalue weighted by atomic mass is 9.81. The monoisotopic (exact) mass is 462 g/mol. The highest BCUT2D eigenvalue weighted by Crippen LogP contribution is 2.52. The molecule has 1 aliphatic carbocycles. The number of rotatable bonds is 0. The van der Waals surface area contributed by atoms with Crippen LogP contribution in [0.15, 0.2) is 91.0 Å². The molecule has 0 aliphatic heterocycles. The Hall–Kier alpha value is -4.30. The molecule has 172 valence electrons. The van der Waals surface area contributed by atoms with Gasteiger partial charge in [0, 0.05) is 28.2 Å². The molecule has 0 amide bonds. The number of hydrogen-bond acceptors (Lipinski definition) is 0. The van der Waals surface area contributed by atoms with E-state index in [1.807, 2.05) is 0 Å². The molecule has 7 aromatic rings. The summed E-state index contributed by atoms with van der Waals surface area (Å²) in [4.78, 5) is 0. The van der Waals surface area contributed by atoms with Crippen molar-refractivity contribution >= 4 is 38.1 Å². The molecule has 0 bridgehead atoms. The van der Waals surface area contributed by atoms with Gasteiger partial charge in [0.05, 0.1) is 11.0 Å². The first kappa shape index (κ1) is 19.9. The molecule has 2 heteroatoms. The molecule has 2 nitrogen and oxygen atoms in total. The van der Waals surface area contributed by atoms with Crippen LogP contribution in [0, 0.1) is 24.2 Å². The zero-order valence-corrected chi connectivity index (χ0v) is 20.8. The highest BCUT2D eigenvalue weighted by molar-refractivity contribution is 6.13. The topological polar surface area (TPSA) is 10.0 Å². The van der Waals surface area contributed by atoms with Gasteiger partial charge in [-0.2, -0.15) is 22.4 Å². The van der Waals surface area contributed by atoms with Gasteiger partial charge in [-0.05, 0) is 46.7 Å². The molecule has 4 aromatic carbocycles. The lowest BCUT2D eigenvalue weighted by Crippen LogP contribution is -2.19. The lowest BCUT2D eigenvalue weighted by molar-refractivity contribution is -0.480. The molecule has 0 radical (unpaired) electrons. The van der Waals surface area contributed by atoms with Crippen molar-refractivity contribution in [2.75, 3.05) is 0 Å². The van der Waals surface area contributed by atoms with Crippen molar-refractivity contribution < 1.29 is 8.64 Å². The van der Waals surface area contributed by atoms with E-state index in [9.17, 15) is 0 Å². The van der Waals surface area contributed by atoms with E-state index in [1.165, 1.54) is 65.7 Å². The van der Waals surface area contributed by atoms with Crippen LogP contribution in [0.25, 0.3) is 49.4 Å². The summed E-state index contributed by atoms with van der Waals surface area (Å²) in [7, 11) is 0. The fourth-order valence-corrected chi connectivity index (χ4v) is 7.01. The van der Waals surface area contributed by atoms with Gasteiger partial charge >= 0.3 is 0 Å². The summed E-state index contributed by atoms with van der Waals surface area (Å²) in [6, 6.07) is 33.2. The van der Waals surface area contributed by atoms with E-state index in [1.54, 1.807) is 0 Å². The number of aryl methyl sites for hydroxylation is 1. The van der Waals surface area contributed by atoms with Crippen LogP contribution in [0.4, 0.5) is 0 Å². The van der Waals surface area contributed by atoms with Crippen LogP contribution in [0.3, 0.4) is 0 Å². The summed E-state index contributed by atoms with van der Waals surface area (Å²) in [5.74, 6) is 0. The van der Waals surface area contributed by atoms with Crippen molar-refractivity contribution in [3.8, 4) is 11.3 Å². The molecule has 0 atom stereocenters. The average Bonchev–Trinajstić information content (AvgIpc) is 3.48. The SMILES string of the molecule is C=[n+]1c(=c2c(C)cc3c4cccc[c-]4[n+]4c5c(c2[c-]34)C(C)(C)c2ccccc2-5)ccc2ccccc21. The van der Waals surface area contributed by atoms with Crippen LogP contribution in [0.1, 0.15) is 30.5 Å². The van der Waals surface area contributed by atoms with Gasteiger partial charge in [0.25, 0.3) is 0 Å². The summed E-state index contributed by atoms with van der Waals surface area (Å²) in [5, 5.41) is 7.66. The first-order valence-electron chi connectivity index (χ1n) is 12.7. The summed E-state index contributed by atoms with van der Waals surface area (Å²) in [6.07, 6.45) is 0. The van der Waals surface area contributed by atoms with Gasteiger partial charge in [-0.3, -0.25) is 0 Å². The second-order valence-electron chi connectivity index (χ2n) is 10.8. The van der Waals surface area contributed by atoms with Crippen LogP contribution in [0.5, 0.6) is 0 Å². The van der Waals surface area contributed by atoms with Gasteiger partial charge in [0.2, 0.25) is 10.9 Å². The van der Waals surface area contributed by atoms with Gasteiger partial charge in [-0.25, -0.2) is 0 Å². The lowest BCUT2D eigenvalue weighted by Gasteiger charge is -2.22. The van der Waals surface area contributed by atoms with Gasteiger partial charge in [0.15, 0.2) is 0 Å². The Labute approximate surface area is 209 Å². The molecule has 0 N–H and O–H groups in total. The molecule has 8 rings (SSSR count). The predicted octanol–water partition coefficient (Wildman–Crippen LogP) is 6.87. The summed E-state index contributed by atoms with van der Waals surface area (Å²) >= 11 is 0. The number of fused-ring (bicyclic) bond motifs is 9. The number of benzene rings is 4. The van der Waals surface area contributed by atoms with Crippen molar-refractivity contribution in [2.45, 2.75) is 26.2 Å². The molecule has 36 heavy (non-hydrogen) atoms. The second kappa shape index (κ2) is 6.47. The number of para-hydroxylation sites is 2. The van der Waals surface area contributed by atoms with Crippen molar-refractivity contribution in [3.63, 3.8) is 0 Å². The molecule has 0 saturated heterocycles. The van der Waals surface area contributed by atoms with Crippen molar-refractivity contribution in [3.05, 3.63) is 125 Å². The predicted molar refractivity (Wildman–Crippen MR) is 146 cm³/mol. The molecular weight excluding hydrogens is 436 g/mol. The van der Waals surface area contributed by atoms with E-state index in [2.05, 4.69) is 127 Å². The van der Waals surface area contributed by atoms with E-state index in [0.29, 0.717) is 0 Å². The van der Waals surface area contributed by atoms with E-state index in [4.69, 9.17) is 0 Å². The Balaban J connectivity index is 1.76. The molecular formula is C34H26N2. The minimum Gasteiger partial charge on any atom is -0.326 e. The Morgan fingerprint density at radius 3 is 2.50 bits per heavy atom. The summed E-state index contributed by atoms with van der Waals surface area (Å²) < 4.78 is 4.67. The van der Waals surface area contributed by atoms with E-state index in [-0.39, 0.29) is 5.41 Å². The molecule has 1 aliphatic rings. The quantitative estimate of drug-likeness (QED) is 0.172. The van der Waals surface area contributed by atoms with E-state index < -0.39 is 0 Å². The normalized spacial score (nSPS) is 15.3. The Morgan fingerprint density at radius 2 is 1.61 bits per heavy atom. The Morgan fingerprint density at radius 1 is 0.833 bits per heavy atom. The maximum Gasteiger partial charge on any atom is 0.217 e. The fraction of sp³-hybridized carbons (Fsp3) is 0.118. The average molecular weight is 463 g/mol. The standard InChI is InChI=1S/C34H26N2/c1-20-19-24-22-12-7-10-16-27(22)36-32(24)30(31-33(36)23-13-6-8-14-25(23)34(31,2)3)29(20)28-18-17-21-11-5-9-15-26(21)35(28)4/h5-19H,4H2,1-3H3. The van der Waals surface area contributed by atoms with E-state index >= 15 is 0 Å². The molecule has 0 unspecified atom stereocenters. The summed E-state index contributed by atoms with van der Waals surface area (Å²) in [6.45, 7) is 11.6. The molecule has 0 spiro atoms. The van der Waals surface area contributed by atoms with Crippen molar-refractivity contribution in [1.29, 1.82) is 0 Å². The Kier molecular flexibility index (Phi) is 3.58. The third-order valence-corrected chi connectivity index (χ3v) is 8.54. The minimum absolute atomic E-state index is 0.107. The maximum atomic E-state index is 4.54. The number of hydrogen-bond donors (Lipinski definition) is 0. The fourth-order valence-electron chi connectivity index (χ4n) is 7.01. The summed E-state index contributed by atoms with van der Waals surface area (Å²) in [5.41, 5.74) is 10.5.